The molecule has 0 bridgehead atoms. The third-order valence-corrected chi connectivity index (χ3v) is 4.85. The molecule has 20 heavy (non-hydrogen) atoms. The third kappa shape index (κ3) is 2.80. The molecule has 1 saturated heterocycles. The first-order valence-electron chi connectivity index (χ1n) is 7.33. The van der Waals surface area contributed by atoms with Crippen LogP contribution in [0.4, 0.5) is 0 Å². The van der Waals surface area contributed by atoms with Crippen molar-refractivity contribution in [2.24, 2.45) is 0 Å². The highest BCUT2D eigenvalue weighted by Crippen LogP contribution is 2.42. The molecule has 0 aliphatic carbocycles. The lowest BCUT2D eigenvalue weighted by Gasteiger charge is -2.26. The highest BCUT2D eigenvalue weighted by Gasteiger charge is 2.25. The Balaban J connectivity index is 2.15. The number of thioether (sulfide) groups is 1. The van der Waals surface area contributed by atoms with Gasteiger partial charge in [-0.15, -0.1) is 0 Å². The standard InChI is InChI=1S/C18H22OS/c1-18(2,3)19-16-9-8-13-6-4-5-7-15(13)17(16)14-10-11-20-12-14/h4-9,14H,10-12H2,1-3H3. The molecular formula is C18H22OS. The van der Waals surface area contributed by atoms with Crippen LogP contribution in [0.5, 0.6) is 5.75 Å². The van der Waals surface area contributed by atoms with Crippen LogP contribution >= 0.6 is 11.8 Å². The third-order valence-electron chi connectivity index (χ3n) is 3.68. The summed E-state index contributed by atoms with van der Waals surface area (Å²) in [5, 5.41) is 2.68. The van der Waals surface area contributed by atoms with E-state index in [2.05, 4.69) is 68.9 Å². The highest BCUT2D eigenvalue weighted by molar-refractivity contribution is 7.99. The Labute approximate surface area is 125 Å². The average Bonchev–Trinajstić information content (AvgIpc) is 2.90. The summed E-state index contributed by atoms with van der Waals surface area (Å²) < 4.78 is 6.24. The van der Waals surface area contributed by atoms with Crippen LogP contribution in [-0.4, -0.2) is 17.1 Å². The first-order chi connectivity index (χ1) is 9.54. The maximum absolute atomic E-state index is 6.24. The number of benzene rings is 2. The number of fused-ring (bicyclic) bond motifs is 1. The van der Waals surface area contributed by atoms with Crippen LogP contribution in [-0.2, 0) is 0 Å². The molecule has 0 aromatic heterocycles. The fourth-order valence-corrected chi connectivity index (χ4v) is 4.11. The van der Waals surface area contributed by atoms with Crippen molar-refractivity contribution in [1.82, 2.24) is 0 Å². The van der Waals surface area contributed by atoms with Crippen LogP contribution in [0, 0.1) is 0 Å². The smallest absolute Gasteiger partial charge is 0.124 e. The highest BCUT2D eigenvalue weighted by atomic mass is 32.2. The normalized spacial score (nSPS) is 19.4. The zero-order valence-corrected chi connectivity index (χ0v) is 13.3. The van der Waals surface area contributed by atoms with Crippen LogP contribution in [0.1, 0.15) is 38.7 Å². The van der Waals surface area contributed by atoms with Gasteiger partial charge in [0.2, 0.25) is 0 Å². The molecule has 2 heteroatoms. The van der Waals surface area contributed by atoms with Crippen molar-refractivity contribution < 1.29 is 4.74 Å². The van der Waals surface area contributed by atoms with Gasteiger partial charge in [0.05, 0.1) is 0 Å². The van der Waals surface area contributed by atoms with Gasteiger partial charge in [0.1, 0.15) is 11.4 Å². The van der Waals surface area contributed by atoms with E-state index in [9.17, 15) is 0 Å². The van der Waals surface area contributed by atoms with E-state index in [4.69, 9.17) is 4.74 Å². The summed E-state index contributed by atoms with van der Waals surface area (Å²) in [6.07, 6.45) is 1.26. The number of hydrogen-bond donors (Lipinski definition) is 0. The van der Waals surface area contributed by atoms with Gasteiger partial charge in [-0.3, -0.25) is 0 Å². The minimum Gasteiger partial charge on any atom is -0.488 e. The first-order valence-corrected chi connectivity index (χ1v) is 8.48. The van der Waals surface area contributed by atoms with Crippen molar-refractivity contribution >= 4 is 22.5 Å². The maximum Gasteiger partial charge on any atom is 0.124 e. The van der Waals surface area contributed by atoms with Gasteiger partial charge in [0.25, 0.3) is 0 Å². The van der Waals surface area contributed by atoms with Gasteiger partial charge in [-0.05, 0) is 55.7 Å². The molecule has 0 amide bonds. The second-order valence-corrected chi connectivity index (χ2v) is 7.62. The van der Waals surface area contributed by atoms with E-state index < -0.39 is 0 Å². The predicted octanol–water partition coefficient (Wildman–Crippen LogP) is 5.24. The summed E-state index contributed by atoms with van der Waals surface area (Å²) in [5.41, 5.74) is 1.27. The van der Waals surface area contributed by atoms with Gasteiger partial charge >= 0.3 is 0 Å². The molecule has 1 heterocycles. The van der Waals surface area contributed by atoms with Crippen molar-refractivity contribution in [2.45, 2.75) is 38.7 Å². The fraction of sp³-hybridized carbons (Fsp3) is 0.444. The van der Waals surface area contributed by atoms with Crippen molar-refractivity contribution in [1.29, 1.82) is 0 Å². The van der Waals surface area contributed by atoms with Crippen molar-refractivity contribution in [2.75, 3.05) is 11.5 Å². The molecule has 2 aromatic rings. The number of rotatable bonds is 2. The molecule has 1 aliphatic heterocycles. The Bertz CT molecular complexity index is 606. The minimum absolute atomic E-state index is 0.150. The summed E-state index contributed by atoms with van der Waals surface area (Å²) in [6, 6.07) is 13.0. The van der Waals surface area contributed by atoms with E-state index in [1.165, 1.54) is 34.3 Å². The Morgan fingerprint density at radius 1 is 1.10 bits per heavy atom. The van der Waals surface area contributed by atoms with Gasteiger partial charge in [0.15, 0.2) is 0 Å². The molecular weight excluding hydrogens is 264 g/mol. The summed E-state index contributed by atoms with van der Waals surface area (Å²) in [4.78, 5) is 0. The topological polar surface area (TPSA) is 9.23 Å². The van der Waals surface area contributed by atoms with Crippen molar-refractivity contribution in [3.63, 3.8) is 0 Å². The van der Waals surface area contributed by atoms with Gasteiger partial charge in [-0.25, -0.2) is 0 Å². The van der Waals surface area contributed by atoms with E-state index in [1.807, 2.05) is 0 Å². The Kier molecular flexibility index (Phi) is 3.68. The van der Waals surface area contributed by atoms with Crippen LogP contribution in [0.15, 0.2) is 36.4 Å². The predicted molar refractivity (Wildman–Crippen MR) is 89.0 cm³/mol. The molecule has 106 valence electrons. The molecule has 1 atom stereocenters. The molecule has 1 aliphatic rings. The van der Waals surface area contributed by atoms with E-state index in [-0.39, 0.29) is 5.60 Å². The maximum atomic E-state index is 6.24. The molecule has 1 fully saturated rings. The Hall–Kier alpha value is -1.15. The number of hydrogen-bond acceptors (Lipinski definition) is 2. The second kappa shape index (κ2) is 5.33. The van der Waals surface area contributed by atoms with Crippen LogP contribution in [0.3, 0.4) is 0 Å². The Morgan fingerprint density at radius 2 is 1.90 bits per heavy atom. The van der Waals surface area contributed by atoms with Crippen LogP contribution in [0.2, 0.25) is 0 Å². The lowest BCUT2D eigenvalue weighted by Crippen LogP contribution is -2.24. The van der Waals surface area contributed by atoms with Crippen molar-refractivity contribution in [3.05, 3.63) is 42.0 Å². The van der Waals surface area contributed by atoms with E-state index in [0.29, 0.717) is 5.92 Å². The van der Waals surface area contributed by atoms with Gasteiger partial charge in [0, 0.05) is 11.3 Å². The monoisotopic (exact) mass is 286 g/mol. The lowest BCUT2D eigenvalue weighted by atomic mass is 9.92. The molecule has 2 aromatic carbocycles. The van der Waals surface area contributed by atoms with E-state index >= 15 is 0 Å². The van der Waals surface area contributed by atoms with Crippen LogP contribution < -0.4 is 4.74 Å². The largest absolute Gasteiger partial charge is 0.488 e. The molecule has 1 nitrogen and oxygen atoms in total. The Morgan fingerprint density at radius 3 is 2.60 bits per heavy atom. The molecule has 0 N–H and O–H groups in total. The summed E-state index contributed by atoms with van der Waals surface area (Å²) in [5.74, 6) is 4.18. The average molecular weight is 286 g/mol. The second-order valence-electron chi connectivity index (χ2n) is 6.47. The van der Waals surface area contributed by atoms with Crippen molar-refractivity contribution in [3.8, 4) is 5.75 Å². The van der Waals surface area contributed by atoms with E-state index in [0.717, 1.165) is 5.75 Å². The minimum atomic E-state index is -0.150. The number of ether oxygens (including phenoxy) is 1. The van der Waals surface area contributed by atoms with Gasteiger partial charge in [-0.2, -0.15) is 11.8 Å². The summed E-state index contributed by atoms with van der Waals surface area (Å²) in [7, 11) is 0. The molecule has 0 radical (unpaired) electrons. The SMILES string of the molecule is CC(C)(C)Oc1ccc2ccccc2c1C1CCSC1. The molecule has 0 saturated carbocycles. The first kappa shape index (κ1) is 13.8. The van der Waals surface area contributed by atoms with Gasteiger partial charge < -0.3 is 4.74 Å². The fourth-order valence-electron chi connectivity index (χ4n) is 2.88. The zero-order chi connectivity index (χ0) is 14.2. The molecule has 0 spiro atoms. The van der Waals surface area contributed by atoms with Crippen LogP contribution in [0.25, 0.3) is 10.8 Å². The lowest BCUT2D eigenvalue weighted by molar-refractivity contribution is 0.129. The molecule has 1 unspecified atom stereocenters. The van der Waals surface area contributed by atoms with E-state index in [1.54, 1.807) is 0 Å². The van der Waals surface area contributed by atoms with Gasteiger partial charge in [-0.1, -0.05) is 30.3 Å². The summed E-state index contributed by atoms with van der Waals surface area (Å²) in [6.45, 7) is 6.36. The quantitative estimate of drug-likeness (QED) is 0.747. The summed E-state index contributed by atoms with van der Waals surface area (Å²) >= 11 is 2.06. The zero-order valence-electron chi connectivity index (χ0n) is 12.5. The molecule has 3 rings (SSSR count).